The molecule has 6 heteroatoms. The van der Waals surface area contributed by atoms with E-state index in [0.29, 0.717) is 12.3 Å². The molecule has 0 amide bonds. The maximum atomic E-state index is 6.17. The van der Waals surface area contributed by atoms with Gasteiger partial charge in [0, 0.05) is 0 Å². The number of alkyl halides is 1. The Kier molecular flexibility index (Phi) is 5.07. The molecule has 1 atom stereocenters. The monoisotopic (exact) mass is 309 g/mol. The van der Waals surface area contributed by atoms with E-state index in [0.717, 1.165) is 29.0 Å². The molecule has 21 heavy (non-hydrogen) atoms. The standard InChI is InChI=1S/C15H20ClN3O2/c1-5-12(16)13-9-19(18-17-13)8-11-7-15(21-4)14(20-3)6-10(11)2/h6-7,9,12H,5,8H2,1-4H3. The fourth-order valence-electron chi connectivity index (χ4n) is 2.11. The van der Waals surface area contributed by atoms with E-state index < -0.39 is 0 Å². The first-order valence-corrected chi connectivity index (χ1v) is 7.28. The number of hydrogen-bond acceptors (Lipinski definition) is 4. The minimum Gasteiger partial charge on any atom is -0.493 e. The van der Waals surface area contributed by atoms with Crippen molar-refractivity contribution in [2.75, 3.05) is 14.2 Å². The lowest BCUT2D eigenvalue weighted by atomic mass is 10.1. The molecule has 0 bridgehead atoms. The van der Waals surface area contributed by atoms with Crippen LogP contribution in [-0.2, 0) is 6.54 Å². The molecule has 0 aliphatic heterocycles. The molecule has 2 rings (SSSR count). The maximum absolute atomic E-state index is 6.17. The molecule has 1 heterocycles. The van der Waals surface area contributed by atoms with Gasteiger partial charge in [-0.3, -0.25) is 0 Å². The van der Waals surface area contributed by atoms with Crippen molar-refractivity contribution < 1.29 is 9.47 Å². The van der Waals surface area contributed by atoms with Crippen LogP contribution in [0.2, 0.25) is 0 Å². The van der Waals surface area contributed by atoms with Crippen LogP contribution in [0.3, 0.4) is 0 Å². The first-order chi connectivity index (χ1) is 10.1. The molecule has 0 N–H and O–H groups in total. The van der Waals surface area contributed by atoms with Crippen molar-refractivity contribution in [3.05, 3.63) is 35.2 Å². The summed E-state index contributed by atoms with van der Waals surface area (Å²) in [5.41, 5.74) is 3.02. The summed E-state index contributed by atoms with van der Waals surface area (Å²) in [6, 6.07) is 3.93. The molecule has 0 aliphatic carbocycles. The minimum atomic E-state index is -0.0924. The topological polar surface area (TPSA) is 49.2 Å². The SMILES string of the molecule is CCC(Cl)c1cn(Cc2cc(OC)c(OC)cc2C)nn1. The Hall–Kier alpha value is -1.75. The van der Waals surface area contributed by atoms with E-state index in [4.69, 9.17) is 21.1 Å². The number of benzene rings is 1. The van der Waals surface area contributed by atoms with Gasteiger partial charge in [0.15, 0.2) is 11.5 Å². The molecule has 0 spiro atoms. The quantitative estimate of drug-likeness (QED) is 0.768. The number of aryl methyl sites for hydroxylation is 1. The molecule has 1 aromatic carbocycles. The molecule has 0 fully saturated rings. The second kappa shape index (κ2) is 6.80. The number of ether oxygens (including phenoxy) is 2. The maximum Gasteiger partial charge on any atom is 0.161 e. The first kappa shape index (κ1) is 15.6. The Morgan fingerprint density at radius 1 is 1.24 bits per heavy atom. The van der Waals surface area contributed by atoms with Crippen LogP contribution < -0.4 is 9.47 Å². The summed E-state index contributed by atoms with van der Waals surface area (Å²) in [6.45, 7) is 4.67. The predicted octanol–water partition coefficient (Wildman–Crippen LogP) is 3.34. The van der Waals surface area contributed by atoms with Crippen molar-refractivity contribution >= 4 is 11.6 Å². The molecule has 1 unspecified atom stereocenters. The van der Waals surface area contributed by atoms with E-state index >= 15 is 0 Å². The van der Waals surface area contributed by atoms with Crippen molar-refractivity contribution in [2.45, 2.75) is 32.2 Å². The molecule has 114 valence electrons. The summed E-state index contributed by atoms with van der Waals surface area (Å²) >= 11 is 6.17. The van der Waals surface area contributed by atoms with Gasteiger partial charge in [-0.15, -0.1) is 16.7 Å². The largest absolute Gasteiger partial charge is 0.493 e. The Balaban J connectivity index is 2.25. The third-order valence-corrected chi connectivity index (χ3v) is 3.94. The number of rotatable bonds is 6. The van der Waals surface area contributed by atoms with Crippen LogP contribution in [0, 0.1) is 6.92 Å². The van der Waals surface area contributed by atoms with E-state index in [1.807, 2.05) is 32.2 Å². The number of halogens is 1. The molecule has 0 radical (unpaired) electrons. The summed E-state index contributed by atoms with van der Waals surface area (Å²) in [7, 11) is 3.26. The summed E-state index contributed by atoms with van der Waals surface area (Å²) in [4.78, 5) is 0. The van der Waals surface area contributed by atoms with Gasteiger partial charge in [-0.1, -0.05) is 12.1 Å². The Morgan fingerprint density at radius 3 is 2.52 bits per heavy atom. The Bertz CT molecular complexity index is 613. The fraction of sp³-hybridized carbons (Fsp3) is 0.467. The van der Waals surface area contributed by atoms with Crippen molar-refractivity contribution in [3.8, 4) is 11.5 Å². The van der Waals surface area contributed by atoms with Crippen LogP contribution >= 0.6 is 11.6 Å². The third-order valence-electron chi connectivity index (χ3n) is 3.41. The van der Waals surface area contributed by atoms with Crippen LogP contribution in [0.5, 0.6) is 11.5 Å². The molecular formula is C15H20ClN3O2. The van der Waals surface area contributed by atoms with Gasteiger partial charge in [0.25, 0.3) is 0 Å². The predicted molar refractivity (Wildman–Crippen MR) is 82.3 cm³/mol. The third kappa shape index (κ3) is 3.47. The average Bonchev–Trinajstić information content (AvgIpc) is 2.96. The highest BCUT2D eigenvalue weighted by Crippen LogP contribution is 2.30. The van der Waals surface area contributed by atoms with Crippen LogP contribution in [-0.4, -0.2) is 29.2 Å². The molecule has 1 aromatic heterocycles. The van der Waals surface area contributed by atoms with Gasteiger partial charge >= 0.3 is 0 Å². The van der Waals surface area contributed by atoms with Gasteiger partial charge in [-0.2, -0.15) is 0 Å². The second-order valence-electron chi connectivity index (χ2n) is 4.85. The van der Waals surface area contributed by atoms with Crippen LogP contribution in [0.25, 0.3) is 0 Å². The van der Waals surface area contributed by atoms with Crippen LogP contribution in [0.4, 0.5) is 0 Å². The summed E-state index contributed by atoms with van der Waals surface area (Å²) < 4.78 is 12.4. The molecule has 2 aromatic rings. The Morgan fingerprint density at radius 2 is 1.90 bits per heavy atom. The summed E-state index contributed by atoms with van der Waals surface area (Å²) in [5, 5.41) is 8.15. The van der Waals surface area contributed by atoms with Crippen LogP contribution in [0.1, 0.15) is 35.5 Å². The normalized spacial score (nSPS) is 12.2. The second-order valence-corrected chi connectivity index (χ2v) is 5.38. The van der Waals surface area contributed by atoms with Crippen molar-refractivity contribution in [1.29, 1.82) is 0 Å². The molecule has 0 aliphatic rings. The van der Waals surface area contributed by atoms with E-state index in [-0.39, 0.29) is 5.38 Å². The van der Waals surface area contributed by atoms with E-state index in [9.17, 15) is 0 Å². The number of methoxy groups -OCH3 is 2. The molecule has 0 saturated carbocycles. The molecular weight excluding hydrogens is 290 g/mol. The summed E-state index contributed by atoms with van der Waals surface area (Å²) in [6.07, 6.45) is 2.72. The lowest BCUT2D eigenvalue weighted by Crippen LogP contribution is -2.03. The van der Waals surface area contributed by atoms with Crippen LogP contribution in [0.15, 0.2) is 18.3 Å². The highest BCUT2D eigenvalue weighted by molar-refractivity contribution is 6.20. The fourth-order valence-corrected chi connectivity index (χ4v) is 2.21. The lowest BCUT2D eigenvalue weighted by Gasteiger charge is -2.12. The first-order valence-electron chi connectivity index (χ1n) is 6.84. The molecule has 5 nitrogen and oxygen atoms in total. The lowest BCUT2D eigenvalue weighted by molar-refractivity contribution is 0.354. The number of hydrogen-bond donors (Lipinski definition) is 0. The highest BCUT2D eigenvalue weighted by Gasteiger charge is 2.12. The van der Waals surface area contributed by atoms with Gasteiger partial charge in [-0.25, -0.2) is 4.68 Å². The van der Waals surface area contributed by atoms with Crippen molar-refractivity contribution in [1.82, 2.24) is 15.0 Å². The molecule has 0 saturated heterocycles. The van der Waals surface area contributed by atoms with E-state index in [1.165, 1.54) is 0 Å². The number of aromatic nitrogens is 3. The minimum absolute atomic E-state index is 0.0924. The Labute approximate surface area is 129 Å². The van der Waals surface area contributed by atoms with Gasteiger partial charge in [-0.05, 0) is 36.6 Å². The zero-order chi connectivity index (χ0) is 15.4. The number of nitrogens with zero attached hydrogens (tertiary/aromatic N) is 3. The van der Waals surface area contributed by atoms with Gasteiger partial charge in [0.1, 0.15) is 5.69 Å². The van der Waals surface area contributed by atoms with Crippen molar-refractivity contribution in [3.63, 3.8) is 0 Å². The zero-order valence-electron chi connectivity index (χ0n) is 12.8. The average molecular weight is 310 g/mol. The van der Waals surface area contributed by atoms with Gasteiger partial charge in [0.05, 0.1) is 32.3 Å². The highest BCUT2D eigenvalue weighted by atomic mass is 35.5. The van der Waals surface area contributed by atoms with E-state index in [2.05, 4.69) is 10.3 Å². The van der Waals surface area contributed by atoms with Crippen molar-refractivity contribution in [2.24, 2.45) is 0 Å². The zero-order valence-corrected chi connectivity index (χ0v) is 13.5. The smallest absolute Gasteiger partial charge is 0.161 e. The van der Waals surface area contributed by atoms with E-state index in [1.54, 1.807) is 18.9 Å². The van der Waals surface area contributed by atoms with Gasteiger partial charge in [0.2, 0.25) is 0 Å². The van der Waals surface area contributed by atoms with Gasteiger partial charge < -0.3 is 9.47 Å². The summed E-state index contributed by atoms with van der Waals surface area (Å²) in [5.74, 6) is 1.44.